The number of hydrogen-bond acceptors (Lipinski definition) is 4. The van der Waals surface area contributed by atoms with Crippen LogP contribution in [0.5, 0.6) is 0 Å². The van der Waals surface area contributed by atoms with E-state index in [2.05, 4.69) is 21.0 Å². The van der Waals surface area contributed by atoms with Crippen molar-refractivity contribution in [1.82, 2.24) is 9.78 Å². The molecule has 2 aromatic carbocycles. The first-order chi connectivity index (χ1) is 12.7. The Bertz CT molecular complexity index is 1070. The van der Waals surface area contributed by atoms with Gasteiger partial charge < -0.3 is 5.11 Å². The number of aliphatic carboxylic acids is 1. The van der Waals surface area contributed by atoms with Gasteiger partial charge in [0, 0.05) is 28.9 Å². The molecule has 0 aliphatic carbocycles. The number of carboxylic acid groups (broad SMARTS) is 1. The smallest absolute Gasteiger partial charge is 0.303 e. The fourth-order valence-electron chi connectivity index (χ4n) is 2.66. The maximum atomic E-state index is 11.6. The topological polar surface area (TPSA) is 89.3 Å². The lowest BCUT2D eigenvalue weighted by Gasteiger charge is -2.03. The van der Waals surface area contributed by atoms with Crippen molar-refractivity contribution in [3.8, 4) is 16.9 Å². The second-order valence-corrected chi connectivity index (χ2v) is 9.05. The van der Waals surface area contributed by atoms with Crippen molar-refractivity contribution >= 4 is 31.7 Å². The Hall–Kier alpha value is -2.45. The lowest BCUT2D eigenvalue weighted by atomic mass is 10.0. The van der Waals surface area contributed by atoms with Crippen LogP contribution in [0.4, 0.5) is 0 Å². The Kier molecular flexibility index (Phi) is 5.48. The number of carbonyl (C=O) groups is 1. The normalized spacial score (nSPS) is 11.5. The molecule has 0 aliphatic rings. The van der Waals surface area contributed by atoms with Crippen LogP contribution in [-0.2, 0) is 21.1 Å². The third-order valence-corrected chi connectivity index (χ3v) is 5.70. The second-order valence-electron chi connectivity index (χ2n) is 6.11. The van der Waals surface area contributed by atoms with E-state index in [0.29, 0.717) is 17.8 Å². The number of halogens is 1. The summed E-state index contributed by atoms with van der Waals surface area (Å²) in [5.41, 5.74) is 3.09. The van der Waals surface area contributed by atoms with Crippen LogP contribution in [0.1, 0.15) is 12.0 Å². The van der Waals surface area contributed by atoms with Gasteiger partial charge in [-0.1, -0.05) is 28.1 Å². The molecule has 1 aromatic heterocycles. The Morgan fingerprint density at radius 1 is 1.11 bits per heavy atom. The first-order valence-electron chi connectivity index (χ1n) is 8.11. The van der Waals surface area contributed by atoms with Crippen LogP contribution in [0.3, 0.4) is 0 Å². The molecule has 0 unspecified atom stereocenters. The van der Waals surface area contributed by atoms with Crippen LogP contribution in [0, 0.1) is 0 Å². The van der Waals surface area contributed by atoms with Crippen molar-refractivity contribution in [2.75, 3.05) is 6.26 Å². The summed E-state index contributed by atoms with van der Waals surface area (Å²) in [6.07, 6.45) is 3.30. The molecule has 0 fully saturated rings. The van der Waals surface area contributed by atoms with E-state index >= 15 is 0 Å². The molecule has 0 amide bonds. The van der Waals surface area contributed by atoms with Crippen LogP contribution < -0.4 is 0 Å². The fraction of sp³-hybridized carbons (Fsp3) is 0.158. The zero-order chi connectivity index (χ0) is 19.6. The van der Waals surface area contributed by atoms with Gasteiger partial charge in [-0.05, 0) is 48.4 Å². The van der Waals surface area contributed by atoms with Gasteiger partial charge in [-0.3, -0.25) is 4.79 Å². The number of rotatable bonds is 6. The molecule has 140 valence electrons. The summed E-state index contributed by atoms with van der Waals surface area (Å²) in [4.78, 5) is 11.2. The minimum atomic E-state index is -3.27. The van der Waals surface area contributed by atoms with Crippen molar-refractivity contribution in [1.29, 1.82) is 0 Å². The van der Waals surface area contributed by atoms with Gasteiger partial charge in [-0.25, -0.2) is 13.1 Å². The predicted octanol–water partition coefficient (Wildman–Crippen LogP) is 3.72. The monoisotopic (exact) mass is 448 g/mol. The van der Waals surface area contributed by atoms with Crippen molar-refractivity contribution in [2.45, 2.75) is 17.7 Å². The number of carboxylic acids is 1. The number of benzene rings is 2. The van der Waals surface area contributed by atoms with Crippen molar-refractivity contribution < 1.29 is 18.3 Å². The van der Waals surface area contributed by atoms with Crippen LogP contribution in [0.15, 0.2) is 64.1 Å². The van der Waals surface area contributed by atoms with Crippen molar-refractivity contribution in [3.63, 3.8) is 0 Å². The van der Waals surface area contributed by atoms with Crippen molar-refractivity contribution in [3.05, 3.63) is 64.8 Å². The summed E-state index contributed by atoms with van der Waals surface area (Å²) in [6, 6.07) is 14.0. The number of sulfone groups is 1. The molecule has 3 rings (SSSR count). The fourth-order valence-corrected chi connectivity index (χ4v) is 3.56. The van der Waals surface area contributed by atoms with Crippen LogP contribution in [-0.4, -0.2) is 35.5 Å². The number of hydrogen-bond donors (Lipinski definition) is 1. The van der Waals surface area contributed by atoms with E-state index in [-0.39, 0.29) is 11.3 Å². The summed E-state index contributed by atoms with van der Waals surface area (Å²) in [6.45, 7) is 0. The molecule has 0 saturated carbocycles. The van der Waals surface area contributed by atoms with Gasteiger partial charge in [-0.15, -0.1) is 0 Å². The number of nitrogens with zero attached hydrogens (tertiary/aromatic N) is 2. The van der Waals surface area contributed by atoms with Gasteiger partial charge in [0.25, 0.3) is 0 Å². The lowest BCUT2D eigenvalue weighted by molar-refractivity contribution is -0.136. The summed E-state index contributed by atoms with van der Waals surface area (Å²) in [7, 11) is -3.27. The van der Waals surface area contributed by atoms with E-state index in [1.54, 1.807) is 23.0 Å². The molecule has 0 aliphatic heterocycles. The second kappa shape index (κ2) is 7.66. The molecule has 0 bridgehead atoms. The highest BCUT2D eigenvalue weighted by molar-refractivity contribution is 9.10. The number of aromatic nitrogens is 2. The summed E-state index contributed by atoms with van der Waals surface area (Å²) in [5.74, 6) is -0.873. The third-order valence-electron chi connectivity index (χ3n) is 4.05. The molecule has 0 radical (unpaired) electrons. The zero-order valence-corrected chi connectivity index (χ0v) is 16.9. The van der Waals surface area contributed by atoms with Gasteiger partial charge in [0.2, 0.25) is 0 Å². The maximum absolute atomic E-state index is 11.6. The molecule has 1 N–H and O–H groups in total. The van der Waals surface area contributed by atoms with E-state index in [0.717, 1.165) is 21.9 Å². The summed E-state index contributed by atoms with van der Waals surface area (Å²) >= 11 is 3.40. The molecule has 6 nitrogen and oxygen atoms in total. The Labute approximate surface area is 165 Å². The summed E-state index contributed by atoms with van der Waals surface area (Å²) in [5, 5.41) is 13.6. The molecular formula is C19H17BrN2O4S. The zero-order valence-electron chi connectivity index (χ0n) is 14.5. The highest BCUT2D eigenvalue weighted by Crippen LogP contribution is 2.26. The first-order valence-corrected chi connectivity index (χ1v) is 10.8. The van der Waals surface area contributed by atoms with Gasteiger partial charge in [0.05, 0.1) is 16.3 Å². The van der Waals surface area contributed by atoms with Crippen LogP contribution >= 0.6 is 15.9 Å². The Morgan fingerprint density at radius 2 is 1.74 bits per heavy atom. The van der Waals surface area contributed by atoms with Crippen LogP contribution in [0.25, 0.3) is 16.9 Å². The lowest BCUT2D eigenvalue weighted by Crippen LogP contribution is -1.99. The predicted molar refractivity (Wildman–Crippen MR) is 106 cm³/mol. The molecule has 8 heteroatoms. The Morgan fingerprint density at radius 3 is 2.30 bits per heavy atom. The number of aryl methyl sites for hydroxylation is 1. The van der Waals surface area contributed by atoms with E-state index in [9.17, 15) is 13.2 Å². The summed E-state index contributed by atoms with van der Waals surface area (Å²) < 4.78 is 25.8. The molecule has 0 atom stereocenters. The first kappa shape index (κ1) is 19.3. The van der Waals surface area contributed by atoms with Crippen molar-refractivity contribution in [2.24, 2.45) is 0 Å². The van der Waals surface area contributed by atoms with E-state index in [1.165, 1.54) is 12.1 Å². The average molecular weight is 449 g/mol. The highest BCUT2D eigenvalue weighted by atomic mass is 79.9. The van der Waals surface area contributed by atoms with Gasteiger partial charge in [-0.2, -0.15) is 5.10 Å². The minimum Gasteiger partial charge on any atom is -0.481 e. The minimum absolute atomic E-state index is 0.00222. The third kappa shape index (κ3) is 4.64. The average Bonchev–Trinajstić information content (AvgIpc) is 3.04. The molecule has 3 aromatic rings. The molecular weight excluding hydrogens is 432 g/mol. The quantitative estimate of drug-likeness (QED) is 0.620. The van der Waals surface area contributed by atoms with Gasteiger partial charge in [0.15, 0.2) is 9.84 Å². The molecule has 0 saturated heterocycles. The van der Waals surface area contributed by atoms with Gasteiger partial charge in [0.1, 0.15) is 0 Å². The molecule has 27 heavy (non-hydrogen) atoms. The maximum Gasteiger partial charge on any atom is 0.303 e. The van der Waals surface area contributed by atoms with E-state index < -0.39 is 15.8 Å². The van der Waals surface area contributed by atoms with E-state index in [4.69, 9.17) is 5.11 Å². The molecule has 1 heterocycles. The van der Waals surface area contributed by atoms with E-state index in [1.807, 2.05) is 24.3 Å². The Balaban J connectivity index is 2.02. The highest BCUT2D eigenvalue weighted by Gasteiger charge is 2.14. The molecule has 0 spiro atoms. The SMILES string of the molecule is CS(=O)(=O)c1ccc(-n2cc(CCC(=O)O)c(-c3ccc(Br)cc3)n2)cc1. The largest absolute Gasteiger partial charge is 0.481 e. The van der Waals surface area contributed by atoms with Crippen LogP contribution in [0.2, 0.25) is 0 Å². The standard InChI is InChI=1S/C19H17BrN2O4S/c1-27(25,26)17-9-7-16(8-10-17)22-12-14(4-11-18(23)24)19(21-22)13-2-5-15(20)6-3-13/h2-3,5-10,12H,4,11H2,1H3,(H,23,24). The van der Waals surface area contributed by atoms with Gasteiger partial charge >= 0.3 is 5.97 Å².